The Morgan fingerprint density at radius 1 is 1.32 bits per heavy atom. The van der Waals surface area contributed by atoms with E-state index in [-0.39, 0.29) is 5.91 Å². The molecule has 0 unspecified atom stereocenters. The number of nitrogens with zero attached hydrogens (tertiary/aromatic N) is 1. The van der Waals surface area contributed by atoms with Crippen molar-refractivity contribution >= 4 is 29.1 Å². The van der Waals surface area contributed by atoms with Gasteiger partial charge in [-0.3, -0.25) is 4.79 Å². The first-order chi connectivity index (χ1) is 10.6. The van der Waals surface area contributed by atoms with Crippen molar-refractivity contribution in [1.29, 1.82) is 0 Å². The molecule has 0 aliphatic carbocycles. The molecule has 0 aliphatic heterocycles. The van der Waals surface area contributed by atoms with E-state index in [9.17, 15) is 4.79 Å². The number of rotatable bonds is 7. The number of furan rings is 1. The lowest BCUT2D eigenvalue weighted by Crippen LogP contribution is -2.26. The lowest BCUT2D eigenvalue weighted by atomic mass is 10.3. The van der Waals surface area contributed by atoms with Gasteiger partial charge in [0, 0.05) is 18.5 Å². The van der Waals surface area contributed by atoms with Gasteiger partial charge >= 0.3 is 0 Å². The highest BCUT2D eigenvalue weighted by molar-refractivity contribution is 6.35. The van der Waals surface area contributed by atoms with E-state index < -0.39 is 0 Å². The van der Waals surface area contributed by atoms with Crippen LogP contribution in [0.4, 0.5) is 0 Å². The van der Waals surface area contributed by atoms with E-state index in [1.807, 2.05) is 6.07 Å². The van der Waals surface area contributed by atoms with E-state index in [4.69, 9.17) is 32.4 Å². The Balaban J connectivity index is 1.70. The van der Waals surface area contributed by atoms with Crippen LogP contribution in [0, 0.1) is 0 Å². The van der Waals surface area contributed by atoms with Crippen molar-refractivity contribution in [3.8, 4) is 5.75 Å². The first kappa shape index (κ1) is 16.7. The quantitative estimate of drug-likeness (QED) is 0.700. The Morgan fingerprint density at radius 3 is 2.82 bits per heavy atom. The predicted molar refractivity (Wildman–Crippen MR) is 86.4 cm³/mol. The minimum absolute atomic E-state index is 0.0437. The summed E-state index contributed by atoms with van der Waals surface area (Å²) in [4.78, 5) is 13.6. The molecule has 1 aromatic heterocycles. The second-order valence-electron chi connectivity index (χ2n) is 4.86. The van der Waals surface area contributed by atoms with Gasteiger partial charge in [-0.2, -0.15) is 0 Å². The maximum atomic E-state index is 12.0. The van der Waals surface area contributed by atoms with Crippen LogP contribution in [0.5, 0.6) is 5.75 Å². The number of ether oxygens (including phenoxy) is 1. The van der Waals surface area contributed by atoms with Gasteiger partial charge in [-0.15, -0.1) is 0 Å². The highest BCUT2D eigenvalue weighted by Gasteiger charge is 2.10. The van der Waals surface area contributed by atoms with Crippen LogP contribution in [0.2, 0.25) is 10.0 Å². The summed E-state index contributed by atoms with van der Waals surface area (Å²) in [6.07, 6.45) is 2.61. The summed E-state index contributed by atoms with van der Waals surface area (Å²) in [7, 11) is 1.75. The predicted octanol–water partition coefficient (Wildman–Crippen LogP) is 4.40. The van der Waals surface area contributed by atoms with E-state index in [1.165, 1.54) is 0 Å². The van der Waals surface area contributed by atoms with Gasteiger partial charge in [0.15, 0.2) is 0 Å². The first-order valence-corrected chi connectivity index (χ1v) is 7.66. The molecule has 1 amide bonds. The van der Waals surface area contributed by atoms with Crippen LogP contribution >= 0.6 is 23.2 Å². The summed E-state index contributed by atoms with van der Waals surface area (Å²) in [6, 6.07) is 8.70. The van der Waals surface area contributed by atoms with Gasteiger partial charge in [-0.1, -0.05) is 23.2 Å². The molecule has 118 valence electrons. The molecule has 22 heavy (non-hydrogen) atoms. The average molecular weight is 342 g/mol. The SMILES string of the molecule is CN(Cc1ccco1)C(=O)CCCOc1ccc(Cl)cc1Cl. The Morgan fingerprint density at radius 2 is 2.14 bits per heavy atom. The van der Waals surface area contributed by atoms with Gasteiger partial charge in [0.1, 0.15) is 11.5 Å². The monoisotopic (exact) mass is 341 g/mol. The lowest BCUT2D eigenvalue weighted by molar-refractivity contribution is -0.130. The maximum Gasteiger partial charge on any atom is 0.222 e. The van der Waals surface area contributed by atoms with Crippen LogP contribution in [0.3, 0.4) is 0 Å². The molecule has 0 N–H and O–H groups in total. The van der Waals surface area contributed by atoms with Gasteiger partial charge in [0.25, 0.3) is 0 Å². The zero-order chi connectivity index (χ0) is 15.9. The standard InChI is InChI=1S/C16H17Cl2NO3/c1-19(11-13-4-2-8-21-13)16(20)5-3-9-22-15-7-6-12(17)10-14(15)18/h2,4,6-8,10H,3,5,9,11H2,1H3. The van der Waals surface area contributed by atoms with Crippen molar-refractivity contribution in [3.63, 3.8) is 0 Å². The van der Waals surface area contributed by atoms with Crippen LogP contribution < -0.4 is 4.74 Å². The third kappa shape index (κ3) is 4.97. The van der Waals surface area contributed by atoms with Crippen molar-refractivity contribution < 1.29 is 13.9 Å². The summed E-state index contributed by atoms with van der Waals surface area (Å²) >= 11 is 11.8. The number of halogens is 2. The van der Waals surface area contributed by atoms with Crippen molar-refractivity contribution in [3.05, 3.63) is 52.4 Å². The Labute approximate surface area is 139 Å². The number of amides is 1. The minimum Gasteiger partial charge on any atom is -0.492 e. The number of hydrogen-bond acceptors (Lipinski definition) is 3. The minimum atomic E-state index is 0.0437. The van der Waals surface area contributed by atoms with Gasteiger partial charge in [0.2, 0.25) is 5.91 Å². The fourth-order valence-electron chi connectivity index (χ4n) is 1.91. The Hall–Kier alpha value is -1.65. The molecule has 2 aromatic rings. The third-order valence-electron chi connectivity index (χ3n) is 3.09. The maximum absolute atomic E-state index is 12.0. The van der Waals surface area contributed by atoms with Crippen molar-refractivity contribution in [2.45, 2.75) is 19.4 Å². The first-order valence-electron chi connectivity index (χ1n) is 6.90. The third-order valence-corrected chi connectivity index (χ3v) is 3.62. The Bertz CT molecular complexity index is 614. The van der Waals surface area contributed by atoms with Crippen LogP contribution in [-0.2, 0) is 11.3 Å². The molecule has 1 aromatic carbocycles. The van der Waals surface area contributed by atoms with Crippen LogP contribution in [0.25, 0.3) is 0 Å². The Kier molecular flexibility index (Phi) is 6.16. The molecule has 0 aliphatic rings. The molecule has 1 heterocycles. The average Bonchev–Trinajstić information content (AvgIpc) is 2.98. The number of carbonyl (C=O) groups excluding carboxylic acids is 1. The summed E-state index contributed by atoms with van der Waals surface area (Å²) < 4.78 is 10.8. The van der Waals surface area contributed by atoms with E-state index in [0.717, 1.165) is 5.76 Å². The van der Waals surface area contributed by atoms with Gasteiger partial charge in [-0.25, -0.2) is 0 Å². The van der Waals surface area contributed by atoms with Crippen LogP contribution in [-0.4, -0.2) is 24.5 Å². The molecule has 0 fully saturated rings. The van der Waals surface area contributed by atoms with Gasteiger partial charge < -0.3 is 14.1 Å². The molecule has 2 rings (SSSR count). The molecule has 0 spiro atoms. The molecule has 0 radical (unpaired) electrons. The van der Waals surface area contributed by atoms with E-state index >= 15 is 0 Å². The highest BCUT2D eigenvalue weighted by Crippen LogP contribution is 2.27. The normalized spacial score (nSPS) is 10.5. The number of benzene rings is 1. The molecular formula is C16H17Cl2NO3. The van der Waals surface area contributed by atoms with Gasteiger partial charge in [0.05, 0.1) is 24.4 Å². The second-order valence-corrected chi connectivity index (χ2v) is 5.70. The van der Waals surface area contributed by atoms with Crippen LogP contribution in [0.1, 0.15) is 18.6 Å². The van der Waals surface area contributed by atoms with E-state index in [0.29, 0.717) is 41.8 Å². The smallest absolute Gasteiger partial charge is 0.222 e. The zero-order valence-electron chi connectivity index (χ0n) is 12.2. The summed E-state index contributed by atoms with van der Waals surface area (Å²) in [6.45, 7) is 0.886. The molecule has 0 atom stereocenters. The van der Waals surface area contributed by atoms with Gasteiger partial charge in [-0.05, 0) is 36.8 Å². The summed E-state index contributed by atoms with van der Waals surface area (Å²) in [5.74, 6) is 1.38. The topological polar surface area (TPSA) is 42.7 Å². The van der Waals surface area contributed by atoms with Crippen molar-refractivity contribution in [2.75, 3.05) is 13.7 Å². The molecule has 0 saturated heterocycles. The highest BCUT2D eigenvalue weighted by atomic mass is 35.5. The van der Waals surface area contributed by atoms with Crippen LogP contribution in [0.15, 0.2) is 41.0 Å². The molecule has 6 heteroatoms. The lowest BCUT2D eigenvalue weighted by Gasteiger charge is -2.15. The largest absolute Gasteiger partial charge is 0.492 e. The molecule has 0 saturated carbocycles. The van der Waals surface area contributed by atoms with Crippen molar-refractivity contribution in [1.82, 2.24) is 4.90 Å². The molecular weight excluding hydrogens is 325 g/mol. The number of carbonyl (C=O) groups is 1. The zero-order valence-corrected chi connectivity index (χ0v) is 13.7. The fraction of sp³-hybridized carbons (Fsp3) is 0.312. The second kappa shape index (κ2) is 8.11. The summed E-state index contributed by atoms with van der Waals surface area (Å²) in [5.41, 5.74) is 0. The number of hydrogen-bond donors (Lipinski definition) is 0. The molecule has 4 nitrogen and oxygen atoms in total. The summed E-state index contributed by atoms with van der Waals surface area (Å²) in [5, 5.41) is 1.03. The van der Waals surface area contributed by atoms with E-state index in [1.54, 1.807) is 42.5 Å². The van der Waals surface area contributed by atoms with E-state index in [2.05, 4.69) is 0 Å². The molecule has 0 bridgehead atoms. The fourth-order valence-corrected chi connectivity index (χ4v) is 2.38. The van der Waals surface area contributed by atoms with Crippen molar-refractivity contribution in [2.24, 2.45) is 0 Å².